The summed E-state index contributed by atoms with van der Waals surface area (Å²) in [6, 6.07) is 2.66. The largest absolute Gasteiger partial charge is 0.279 e. The van der Waals surface area contributed by atoms with Gasteiger partial charge in [0.25, 0.3) is 0 Å². The number of halogens is 1. The molecule has 2 heterocycles. The number of hydrogen-bond donors (Lipinski definition) is 3. The van der Waals surface area contributed by atoms with Crippen LogP contribution in [0.2, 0.25) is 0 Å². The summed E-state index contributed by atoms with van der Waals surface area (Å²) in [5, 5.41) is 24.8. The molecule has 80 valence electrons. The summed E-state index contributed by atoms with van der Waals surface area (Å²) < 4.78 is 13.1. The lowest BCUT2D eigenvalue weighted by molar-refractivity contribution is 0.624. The first-order valence-corrected chi connectivity index (χ1v) is 4.22. The molecule has 0 aliphatic rings. The summed E-state index contributed by atoms with van der Waals surface area (Å²) in [6.07, 6.45) is 1.39. The van der Waals surface area contributed by atoms with Gasteiger partial charge in [-0.15, -0.1) is 10.2 Å². The molecule has 2 aromatic heterocycles. The second-order valence-corrected chi connectivity index (χ2v) is 2.80. The van der Waals surface area contributed by atoms with E-state index in [2.05, 4.69) is 25.7 Å². The van der Waals surface area contributed by atoms with Crippen LogP contribution in [-0.4, -0.2) is 15.2 Å². The van der Waals surface area contributed by atoms with Crippen molar-refractivity contribution in [2.24, 2.45) is 5.10 Å². The summed E-state index contributed by atoms with van der Waals surface area (Å²) in [7, 11) is 0. The van der Waals surface area contributed by atoms with Gasteiger partial charge in [0.2, 0.25) is 0 Å². The molecule has 0 unspecified atom stereocenters. The Labute approximate surface area is 88.1 Å². The Bertz CT molecular complexity index is 625. The van der Waals surface area contributed by atoms with Gasteiger partial charge in [-0.2, -0.15) is 5.10 Å². The number of nitrogens with zero attached hydrogens (tertiary/aromatic N) is 4. The van der Waals surface area contributed by atoms with Crippen molar-refractivity contribution in [3.05, 3.63) is 40.5 Å². The molecule has 0 amide bonds. The molecule has 0 aliphatic carbocycles. The van der Waals surface area contributed by atoms with Gasteiger partial charge < -0.3 is 0 Å². The second kappa shape index (κ2) is 3.93. The maximum Gasteiger partial charge on any atom is 0.198 e. The van der Waals surface area contributed by atoms with E-state index in [0.29, 0.717) is 0 Å². The van der Waals surface area contributed by atoms with Crippen molar-refractivity contribution < 1.29 is 4.39 Å². The van der Waals surface area contributed by atoms with Gasteiger partial charge in [-0.05, 0) is 12.1 Å². The van der Waals surface area contributed by atoms with Crippen LogP contribution in [0.3, 0.4) is 0 Å². The first kappa shape index (κ1) is 10.0. The minimum absolute atomic E-state index is 0.0509. The summed E-state index contributed by atoms with van der Waals surface area (Å²) >= 11 is 0. The monoisotopic (exact) mass is 219 g/mol. The van der Waals surface area contributed by atoms with Gasteiger partial charge in [-0.25, -0.2) is 9.37 Å². The maximum atomic E-state index is 13.1. The van der Waals surface area contributed by atoms with E-state index in [0.717, 1.165) is 0 Å². The zero-order valence-corrected chi connectivity index (χ0v) is 7.90. The third-order valence-electron chi connectivity index (χ3n) is 1.73. The molecule has 0 radical (unpaired) electrons. The van der Waals surface area contributed by atoms with Gasteiger partial charge in [-0.3, -0.25) is 16.2 Å². The number of nitrogens with one attached hydrogen (secondary N) is 3. The van der Waals surface area contributed by atoms with Gasteiger partial charge in [-0.1, -0.05) is 0 Å². The van der Waals surface area contributed by atoms with Crippen molar-refractivity contribution in [3.8, 4) is 0 Å². The van der Waals surface area contributed by atoms with Crippen molar-refractivity contribution in [2.75, 3.05) is 5.43 Å². The Morgan fingerprint density at radius 2 is 1.94 bits per heavy atom. The Hall–Kier alpha value is -2.51. The molecule has 7 nitrogen and oxygen atoms in total. The Kier molecular flexibility index (Phi) is 2.46. The first-order valence-electron chi connectivity index (χ1n) is 4.22. The van der Waals surface area contributed by atoms with Gasteiger partial charge in [0.1, 0.15) is 0 Å². The van der Waals surface area contributed by atoms with Crippen molar-refractivity contribution in [1.82, 2.24) is 15.2 Å². The lowest BCUT2D eigenvalue weighted by Gasteiger charge is -1.97. The van der Waals surface area contributed by atoms with Crippen molar-refractivity contribution in [1.29, 1.82) is 10.8 Å². The average molecular weight is 219 g/mol. The van der Waals surface area contributed by atoms with Crippen molar-refractivity contribution in [3.63, 3.8) is 0 Å². The van der Waals surface area contributed by atoms with Crippen LogP contribution >= 0.6 is 0 Å². The Morgan fingerprint density at radius 3 is 2.56 bits per heavy atom. The van der Waals surface area contributed by atoms with Gasteiger partial charge in [0.15, 0.2) is 28.0 Å². The van der Waals surface area contributed by atoms with Crippen molar-refractivity contribution in [2.45, 2.75) is 0 Å². The zero-order chi connectivity index (χ0) is 11.5. The van der Waals surface area contributed by atoms with Crippen LogP contribution < -0.4 is 21.8 Å². The van der Waals surface area contributed by atoms with E-state index in [-0.39, 0.29) is 22.2 Å². The fraction of sp³-hybridized carbons (Fsp3) is 0. The van der Waals surface area contributed by atoms with E-state index < -0.39 is 5.82 Å². The molecule has 0 saturated heterocycles. The number of pyridine rings is 1. The SMILES string of the molecule is N=c1nnc(=N)c1=NNc1ncccc1F. The van der Waals surface area contributed by atoms with E-state index in [1.54, 1.807) is 0 Å². The second-order valence-electron chi connectivity index (χ2n) is 2.80. The highest BCUT2D eigenvalue weighted by molar-refractivity contribution is 5.34. The molecule has 2 rings (SSSR count). The highest BCUT2D eigenvalue weighted by atomic mass is 19.1. The summed E-state index contributed by atoms with van der Waals surface area (Å²) in [4.78, 5) is 3.69. The number of aromatic nitrogens is 3. The van der Waals surface area contributed by atoms with Crippen LogP contribution in [0.1, 0.15) is 0 Å². The van der Waals surface area contributed by atoms with E-state index in [1.165, 1.54) is 18.3 Å². The quantitative estimate of drug-likeness (QED) is 0.549. The molecular weight excluding hydrogens is 213 g/mol. The summed E-state index contributed by atoms with van der Waals surface area (Å²) in [6.45, 7) is 0. The highest BCUT2D eigenvalue weighted by Gasteiger charge is 2.00. The minimum Gasteiger partial charge on any atom is -0.279 e. The molecule has 8 heteroatoms. The molecule has 0 fully saturated rings. The van der Waals surface area contributed by atoms with Crippen LogP contribution in [0.5, 0.6) is 0 Å². The lowest BCUT2D eigenvalue weighted by Crippen LogP contribution is -2.34. The smallest absolute Gasteiger partial charge is 0.198 e. The maximum absolute atomic E-state index is 13.1. The Balaban J connectivity index is 2.39. The third-order valence-corrected chi connectivity index (χ3v) is 1.73. The number of hydrogen-bond acceptors (Lipinski definition) is 7. The average Bonchev–Trinajstić information content (AvgIpc) is 2.58. The third kappa shape index (κ3) is 1.80. The minimum atomic E-state index is -0.572. The van der Waals surface area contributed by atoms with E-state index in [4.69, 9.17) is 10.8 Å². The van der Waals surface area contributed by atoms with Gasteiger partial charge in [0.05, 0.1) is 0 Å². The summed E-state index contributed by atoms with van der Waals surface area (Å²) in [5.74, 6) is -0.653. The molecule has 0 saturated carbocycles. The molecule has 0 bridgehead atoms. The van der Waals surface area contributed by atoms with Crippen molar-refractivity contribution >= 4 is 5.82 Å². The number of anilines is 1. The molecule has 16 heavy (non-hydrogen) atoms. The molecule has 2 aromatic rings. The summed E-state index contributed by atoms with van der Waals surface area (Å²) in [5.41, 5.74) is 1.83. The standard InChI is InChI=1S/C8H6FN7/c9-4-2-1-3-12-8(4)16-13-5-6(10)14-15-7(5)11/h1-3,10-11H,(H,12,16). The predicted octanol–water partition coefficient (Wildman–Crippen LogP) is -1.23. The fourth-order valence-electron chi connectivity index (χ4n) is 0.990. The molecule has 3 N–H and O–H groups in total. The number of rotatable bonds is 2. The highest BCUT2D eigenvalue weighted by Crippen LogP contribution is 2.06. The first-order chi connectivity index (χ1) is 7.68. The van der Waals surface area contributed by atoms with Crippen LogP contribution in [-0.2, 0) is 0 Å². The lowest BCUT2D eigenvalue weighted by atomic mass is 10.4. The Morgan fingerprint density at radius 1 is 1.25 bits per heavy atom. The van der Waals surface area contributed by atoms with Crippen LogP contribution in [0.25, 0.3) is 0 Å². The predicted molar refractivity (Wildman–Crippen MR) is 49.5 cm³/mol. The van der Waals surface area contributed by atoms with Crippen LogP contribution in [0.4, 0.5) is 10.2 Å². The molecule has 0 atom stereocenters. The molecule has 0 aliphatic heterocycles. The van der Waals surface area contributed by atoms with Gasteiger partial charge in [0, 0.05) is 6.20 Å². The molecular formula is C8H6FN7. The zero-order valence-electron chi connectivity index (χ0n) is 7.90. The molecule has 0 aromatic carbocycles. The normalized spacial score (nSPS) is 10.1. The molecule has 0 spiro atoms. The fourth-order valence-corrected chi connectivity index (χ4v) is 0.990. The van der Waals surface area contributed by atoms with Crippen LogP contribution in [0.15, 0.2) is 23.4 Å². The topological polar surface area (TPSA) is 111 Å². The van der Waals surface area contributed by atoms with E-state index >= 15 is 0 Å². The van der Waals surface area contributed by atoms with Gasteiger partial charge >= 0.3 is 0 Å². The van der Waals surface area contributed by atoms with E-state index in [1.807, 2.05) is 0 Å². The van der Waals surface area contributed by atoms with Crippen LogP contribution in [0, 0.1) is 16.6 Å². The van der Waals surface area contributed by atoms with E-state index in [9.17, 15) is 4.39 Å².